The van der Waals surface area contributed by atoms with Crippen LogP contribution in [0, 0.1) is 0 Å². The molecule has 0 atom stereocenters. The third kappa shape index (κ3) is 2.67. The number of carbonyl (C=O) groups excluding carboxylic acids is 1. The van der Waals surface area contributed by atoms with Crippen LogP contribution < -0.4 is 5.32 Å². The molecule has 0 spiro atoms. The van der Waals surface area contributed by atoms with Gasteiger partial charge in [-0.3, -0.25) is 4.79 Å². The molecule has 2 rings (SSSR count). The van der Waals surface area contributed by atoms with Gasteiger partial charge in [0.1, 0.15) is 5.69 Å². The Morgan fingerprint density at radius 3 is 2.72 bits per heavy atom. The average molecular weight is 242 g/mol. The summed E-state index contributed by atoms with van der Waals surface area (Å²) in [6.07, 6.45) is 1.01. The number of nitrogens with zero attached hydrogens (tertiary/aromatic N) is 1. The largest absolute Gasteiger partial charge is 0.349 e. The van der Waals surface area contributed by atoms with E-state index in [1.807, 2.05) is 26.0 Å². The summed E-state index contributed by atoms with van der Waals surface area (Å²) in [5.41, 5.74) is 2.62. The van der Waals surface area contributed by atoms with Crippen LogP contribution in [0.5, 0.6) is 0 Å². The second kappa shape index (κ2) is 5.17. The van der Waals surface area contributed by atoms with Crippen molar-refractivity contribution in [3.63, 3.8) is 0 Å². The number of aromatic nitrogens is 1. The molecule has 0 saturated heterocycles. The van der Waals surface area contributed by atoms with Crippen molar-refractivity contribution in [2.45, 2.75) is 33.2 Å². The molecular weight excluding hydrogens is 224 g/mol. The number of benzene rings is 1. The standard InChI is InChI=1S/C15H18N2O/c1-4-11-5-7-13-12(9-11)6-8-14(17-13)15(18)16-10(2)3/h5-10H,4H2,1-3H3,(H,16,18). The van der Waals surface area contributed by atoms with Crippen LogP contribution >= 0.6 is 0 Å². The maximum atomic E-state index is 11.8. The summed E-state index contributed by atoms with van der Waals surface area (Å²) in [5.74, 6) is -0.119. The van der Waals surface area contributed by atoms with Crippen molar-refractivity contribution in [2.24, 2.45) is 0 Å². The van der Waals surface area contributed by atoms with Crippen molar-refractivity contribution < 1.29 is 4.79 Å². The third-order valence-corrected chi connectivity index (χ3v) is 2.81. The van der Waals surface area contributed by atoms with Gasteiger partial charge in [-0.2, -0.15) is 0 Å². The first-order valence-corrected chi connectivity index (χ1v) is 6.30. The second-order valence-electron chi connectivity index (χ2n) is 4.71. The number of aryl methyl sites for hydroxylation is 1. The molecule has 0 radical (unpaired) electrons. The molecule has 1 heterocycles. The predicted octanol–water partition coefficient (Wildman–Crippen LogP) is 2.94. The molecule has 0 unspecified atom stereocenters. The van der Waals surface area contributed by atoms with Gasteiger partial charge in [-0.05, 0) is 44.0 Å². The molecule has 0 aliphatic carbocycles. The molecule has 1 aromatic heterocycles. The number of pyridine rings is 1. The number of carbonyl (C=O) groups is 1. The first-order valence-electron chi connectivity index (χ1n) is 6.30. The minimum Gasteiger partial charge on any atom is -0.349 e. The molecule has 18 heavy (non-hydrogen) atoms. The van der Waals surface area contributed by atoms with E-state index in [0.29, 0.717) is 5.69 Å². The summed E-state index contributed by atoms with van der Waals surface area (Å²) in [4.78, 5) is 16.2. The fourth-order valence-electron chi connectivity index (χ4n) is 1.86. The Labute approximate surface area is 107 Å². The molecule has 1 aromatic carbocycles. The Morgan fingerprint density at radius 2 is 2.06 bits per heavy atom. The third-order valence-electron chi connectivity index (χ3n) is 2.81. The summed E-state index contributed by atoms with van der Waals surface area (Å²) in [6.45, 7) is 6.00. The zero-order chi connectivity index (χ0) is 13.1. The average Bonchev–Trinajstić information content (AvgIpc) is 2.36. The van der Waals surface area contributed by atoms with Gasteiger partial charge in [0.2, 0.25) is 0 Å². The van der Waals surface area contributed by atoms with Crippen LogP contribution in [0.1, 0.15) is 36.8 Å². The monoisotopic (exact) mass is 242 g/mol. The minimum absolute atomic E-state index is 0.119. The van der Waals surface area contributed by atoms with Crippen LogP contribution in [0.15, 0.2) is 30.3 Å². The summed E-state index contributed by atoms with van der Waals surface area (Å²) in [5, 5.41) is 3.92. The highest BCUT2D eigenvalue weighted by atomic mass is 16.1. The highest BCUT2D eigenvalue weighted by Gasteiger charge is 2.09. The number of rotatable bonds is 3. The minimum atomic E-state index is -0.119. The number of hydrogen-bond donors (Lipinski definition) is 1. The van der Waals surface area contributed by atoms with E-state index in [9.17, 15) is 4.79 Å². The molecule has 0 bridgehead atoms. The highest BCUT2D eigenvalue weighted by Crippen LogP contribution is 2.15. The van der Waals surface area contributed by atoms with Crippen LogP contribution in [0.3, 0.4) is 0 Å². The van der Waals surface area contributed by atoms with E-state index in [1.165, 1.54) is 5.56 Å². The number of hydrogen-bond acceptors (Lipinski definition) is 2. The lowest BCUT2D eigenvalue weighted by Gasteiger charge is -2.08. The second-order valence-corrected chi connectivity index (χ2v) is 4.71. The lowest BCUT2D eigenvalue weighted by Crippen LogP contribution is -2.30. The van der Waals surface area contributed by atoms with Gasteiger partial charge in [0, 0.05) is 11.4 Å². The Balaban J connectivity index is 2.36. The summed E-state index contributed by atoms with van der Waals surface area (Å²) < 4.78 is 0. The van der Waals surface area contributed by atoms with Crippen LogP contribution in [-0.4, -0.2) is 16.9 Å². The van der Waals surface area contributed by atoms with Gasteiger partial charge in [0.05, 0.1) is 5.52 Å². The summed E-state index contributed by atoms with van der Waals surface area (Å²) in [6, 6.07) is 10.0. The van der Waals surface area contributed by atoms with E-state index < -0.39 is 0 Å². The zero-order valence-electron chi connectivity index (χ0n) is 11.0. The van der Waals surface area contributed by atoms with Crippen LogP contribution in [0.2, 0.25) is 0 Å². The molecule has 1 N–H and O–H groups in total. The van der Waals surface area contributed by atoms with E-state index in [2.05, 4.69) is 29.4 Å². The van der Waals surface area contributed by atoms with Gasteiger partial charge in [-0.15, -0.1) is 0 Å². The number of fused-ring (bicyclic) bond motifs is 1. The Morgan fingerprint density at radius 1 is 1.28 bits per heavy atom. The Bertz CT molecular complexity index is 576. The number of amides is 1. The van der Waals surface area contributed by atoms with E-state index in [-0.39, 0.29) is 11.9 Å². The van der Waals surface area contributed by atoms with Crippen LogP contribution in [0.25, 0.3) is 10.9 Å². The van der Waals surface area contributed by atoms with E-state index in [1.54, 1.807) is 6.07 Å². The molecule has 0 fully saturated rings. The molecule has 2 aromatic rings. The van der Waals surface area contributed by atoms with E-state index in [0.717, 1.165) is 17.3 Å². The van der Waals surface area contributed by atoms with E-state index in [4.69, 9.17) is 0 Å². The van der Waals surface area contributed by atoms with Gasteiger partial charge < -0.3 is 5.32 Å². The fraction of sp³-hybridized carbons (Fsp3) is 0.333. The van der Waals surface area contributed by atoms with Crippen LogP contribution in [-0.2, 0) is 6.42 Å². The van der Waals surface area contributed by atoms with Gasteiger partial charge >= 0.3 is 0 Å². The first kappa shape index (κ1) is 12.6. The van der Waals surface area contributed by atoms with Crippen molar-refractivity contribution in [1.82, 2.24) is 10.3 Å². The van der Waals surface area contributed by atoms with Gasteiger partial charge in [0.25, 0.3) is 5.91 Å². The SMILES string of the molecule is CCc1ccc2nc(C(=O)NC(C)C)ccc2c1. The van der Waals surface area contributed by atoms with Crippen molar-refractivity contribution in [1.29, 1.82) is 0 Å². The molecule has 0 aliphatic rings. The molecule has 3 nitrogen and oxygen atoms in total. The highest BCUT2D eigenvalue weighted by molar-refractivity contribution is 5.95. The quantitative estimate of drug-likeness (QED) is 0.899. The van der Waals surface area contributed by atoms with Gasteiger partial charge in [-0.25, -0.2) is 4.98 Å². The van der Waals surface area contributed by atoms with Gasteiger partial charge in [0.15, 0.2) is 0 Å². The topological polar surface area (TPSA) is 42.0 Å². The zero-order valence-corrected chi connectivity index (χ0v) is 11.0. The van der Waals surface area contributed by atoms with Crippen molar-refractivity contribution in [2.75, 3.05) is 0 Å². The van der Waals surface area contributed by atoms with Crippen LogP contribution in [0.4, 0.5) is 0 Å². The first-order chi connectivity index (χ1) is 8.60. The van der Waals surface area contributed by atoms with Crippen molar-refractivity contribution in [3.8, 4) is 0 Å². The Hall–Kier alpha value is -1.90. The predicted molar refractivity (Wildman–Crippen MR) is 73.7 cm³/mol. The molecule has 3 heteroatoms. The number of nitrogens with one attached hydrogen (secondary N) is 1. The van der Waals surface area contributed by atoms with Crippen molar-refractivity contribution in [3.05, 3.63) is 41.6 Å². The van der Waals surface area contributed by atoms with E-state index >= 15 is 0 Å². The molecule has 1 amide bonds. The molecule has 0 aliphatic heterocycles. The smallest absolute Gasteiger partial charge is 0.270 e. The lowest BCUT2D eigenvalue weighted by molar-refractivity contribution is 0.0938. The summed E-state index contributed by atoms with van der Waals surface area (Å²) in [7, 11) is 0. The van der Waals surface area contributed by atoms with Crippen molar-refractivity contribution >= 4 is 16.8 Å². The maximum absolute atomic E-state index is 11.8. The fourth-order valence-corrected chi connectivity index (χ4v) is 1.86. The Kier molecular flexibility index (Phi) is 3.60. The lowest BCUT2D eigenvalue weighted by atomic mass is 10.1. The summed E-state index contributed by atoms with van der Waals surface area (Å²) >= 11 is 0. The maximum Gasteiger partial charge on any atom is 0.270 e. The van der Waals surface area contributed by atoms with Gasteiger partial charge in [-0.1, -0.05) is 19.1 Å². The molecular formula is C15H18N2O. The normalized spacial score (nSPS) is 10.9. The molecule has 0 saturated carbocycles. The molecule has 94 valence electrons.